The number of carbonyl (C=O) groups excluding carboxylic acids is 1. The van der Waals surface area contributed by atoms with E-state index in [2.05, 4.69) is 10.3 Å². The Balaban J connectivity index is 3.00. The maximum absolute atomic E-state index is 12.5. The third kappa shape index (κ3) is 4.14. The van der Waals surface area contributed by atoms with Crippen molar-refractivity contribution in [2.24, 2.45) is 0 Å². The van der Waals surface area contributed by atoms with Gasteiger partial charge in [-0.25, -0.2) is 4.98 Å². The zero-order chi connectivity index (χ0) is 14.8. The summed E-state index contributed by atoms with van der Waals surface area (Å²) in [4.78, 5) is 14.7. The van der Waals surface area contributed by atoms with Crippen LogP contribution in [0.4, 0.5) is 26.3 Å². The Bertz CT molecular complexity index is 462. The zero-order valence-electron chi connectivity index (χ0n) is 9.54. The zero-order valence-corrected chi connectivity index (χ0v) is 9.54. The summed E-state index contributed by atoms with van der Waals surface area (Å²) in [6.45, 7) is 0.913. The lowest BCUT2D eigenvalue weighted by Crippen LogP contribution is -2.23. The molecule has 0 spiro atoms. The van der Waals surface area contributed by atoms with Crippen LogP contribution in [0.5, 0.6) is 0 Å². The van der Waals surface area contributed by atoms with E-state index in [1.165, 1.54) is 0 Å². The Kier molecular flexibility index (Phi) is 4.11. The molecular weight excluding hydrogens is 280 g/mol. The molecule has 0 fully saturated rings. The number of amides is 1. The predicted molar refractivity (Wildman–Crippen MR) is 51.0 cm³/mol. The fourth-order valence-electron chi connectivity index (χ4n) is 1.32. The minimum absolute atomic E-state index is 0.224. The first kappa shape index (κ1) is 15.3. The van der Waals surface area contributed by atoms with Crippen LogP contribution in [-0.4, -0.2) is 22.4 Å². The molecule has 2 N–H and O–H groups in total. The van der Waals surface area contributed by atoms with Crippen molar-refractivity contribution in [2.45, 2.75) is 25.7 Å². The first-order chi connectivity index (χ1) is 8.51. The predicted octanol–water partition coefficient (Wildman–Crippen LogP) is 2.13. The molecule has 1 amide bonds. The maximum Gasteiger partial charge on any atom is 0.449 e. The highest BCUT2D eigenvalue weighted by molar-refractivity contribution is 5.72. The molecule has 1 aromatic rings. The second kappa shape index (κ2) is 5.10. The van der Waals surface area contributed by atoms with Gasteiger partial charge in [-0.3, -0.25) is 4.79 Å². The molecule has 0 aliphatic rings. The van der Waals surface area contributed by atoms with Crippen LogP contribution in [-0.2, 0) is 23.6 Å². The fraction of sp³-hybridized carbons (Fsp3) is 0.556. The van der Waals surface area contributed by atoms with Crippen LogP contribution in [0.2, 0.25) is 0 Å². The maximum atomic E-state index is 12.5. The number of aromatic amines is 1. The molecule has 0 aliphatic carbocycles. The van der Waals surface area contributed by atoms with Gasteiger partial charge in [-0.1, -0.05) is 0 Å². The summed E-state index contributed by atoms with van der Waals surface area (Å²) in [6.07, 6.45) is -10.4. The number of H-pyrrole nitrogens is 1. The molecule has 0 bridgehead atoms. The number of rotatable bonds is 3. The van der Waals surface area contributed by atoms with Crippen LogP contribution in [0.3, 0.4) is 0 Å². The summed E-state index contributed by atoms with van der Waals surface area (Å²) in [5.41, 5.74) is -2.33. The Morgan fingerprint density at radius 1 is 1.21 bits per heavy atom. The highest BCUT2D eigenvalue weighted by Crippen LogP contribution is 2.34. The standard InChI is InChI=1S/C9H9F6N3O/c1-4(19)16-3-2-5-6(8(10,11)12)18-7(17-5)9(13,14)15/h2-3H2,1H3,(H,16,19)(H,17,18). The van der Waals surface area contributed by atoms with E-state index >= 15 is 0 Å². The Morgan fingerprint density at radius 3 is 2.21 bits per heavy atom. The molecule has 0 atom stereocenters. The summed E-state index contributed by atoms with van der Waals surface area (Å²) < 4.78 is 74.4. The van der Waals surface area contributed by atoms with E-state index in [4.69, 9.17) is 0 Å². The number of nitrogens with one attached hydrogen (secondary N) is 2. The van der Waals surface area contributed by atoms with Crippen molar-refractivity contribution < 1.29 is 31.1 Å². The number of alkyl halides is 6. The topological polar surface area (TPSA) is 57.8 Å². The number of nitrogens with zero attached hydrogens (tertiary/aromatic N) is 1. The summed E-state index contributed by atoms with van der Waals surface area (Å²) in [5, 5.41) is 2.19. The molecule has 0 saturated carbocycles. The van der Waals surface area contributed by atoms with Crippen LogP contribution in [0, 0.1) is 0 Å². The van der Waals surface area contributed by atoms with Gasteiger partial charge in [-0.05, 0) is 0 Å². The Hall–Kier alpha value is -1.74. The van der Waals surface area contributed by atoms with Crippen molar-refractivity contribution in [3.8, 4) is 0 Å². The fourth-order valence-corrected chi connectivity index (χ4v) is 1.32. The van der Waals surface area contributed by atoms with Gasteiger partial charge in [0.15, 0.2) is 5.69 Å². The smallest absolute Gasteiger partial charge is 0.356 e. The van der Waals surface area contributed by atoms with Crippen LogP contribution < -0.4 is 5.32 Å². The van der Waals surface area contributed by atoms with Crippen LogP contribution >= 0.6 is 0 Å². The van der Waals surface area contributed by atoms with Crippen molar-refractivity contribution in [3.05, 3.63) is 17.2 Å². The van der Waals surface area contributed by atoms with Crippen molar-refractivity contribution in [1.82, 2.24) is 15.3 Å². The number of halogens is 6. The summed E-state index contributed by atoms with van der Waals surface area (Å²) >= 11 is 0. The third-order valence-corrected chi connectivity index (χ3v) is 2.06. The van der Waals surface area contributed by atoms with Crippen molar-refractivity contribution in [3.63, 3.8) is 0 Å². The number of carbonyl (C=O) groups is 1. The van der Waals surface area contributed by atoms with Gasteiger partial charge < -0.3 is 10.3 Å². The molecule has 0 radical (unpaired) electrons. The van der Waals surface area contributed by atoms with Gasteiger partial charge in [0.2, 0.25) is 11.7 Å². The van der Waals surface area contributed by atoms with Crippen LogP contribution in [0.1, 0.15) is 24.1 Å². The van der Waals surface area contributed by atoms with Gasteiger partial charge in [0.1, 0.15) is 0 Å². The van der Waals surface area contributed by atoms with E-state index in [0.717, 1.165) is 6.92 Å². The second-order valence-corrected chi connectivity index (χ2v) is 3.64. The van der Waals surface area contributed by atoms with Gasteiger partial charge in [-0.15, -0.1) is 0 Å². The Labute approximate surface area is 103 Å². The van der Waals surface area contributed by atoms with E-state index in [-0.39, 0.29) is 6.54 Å². The molecule has 0 aliphatic heterocycles. The number of aromatic nitrogens is 2. The lowest BCUT2D eigenvalue weighted by atomic mass is 10.2. The third-order valence-electron chi connectivity index (χ3n) is 2.06. The van der Waals surface area contributed by atoms with E-state index in [0.29, 0.717) is 0 Å². The largest absolute Gasteiger partial charge is 0.449 e. The van der Waals surface area contributed by atoms with E-state index in [1.807, 2.05) is 0 Å². The van der Waals surface area contributed by atoms with Gasteiger partial charge >= 0.3 is 12.4 Å². The lowest BCUT2D eigenvalue weighted by Gasteiger charge is -2.06. The lowest BCUT2D eigenvalue weighted by molar-refractivity contribution is -0.149. The van der Waals surface area contributed by atoms with E-state index in [9.17, 15) is 31.1 Å². The number of imidazole rings is 1. The number of hydrogen-bond acceptors (Lipinski definition) is 2. The quantitative estimate of drug-likeness (QED) is 0.837. The summed E-state index contributed by atoms with van der Waals surface area (Å²) in [6, 6.07) is 0. The highest BCUT2D eigenvalue weighted by atomic mass is 19.4. The van der Waals surface area contributed by atoms with Gasteiger partial charge in [-0.2, -0.15) is 26.3 Å². The summed E-state index contributed by atoms with van der Waals surface area (Å²) in [7, 11) is 0. The Morgan fingerprint density at radius 2 is 1.79 bits per heavy atom. The van der Waals surface area contributed by atoms with Crippen LogP contribution in [0.25, 0.3) is 0 Å². The van der Waals surface area contributed by atoms with Crippen molar-refractivity contribution in [1.29, 1.82) is 0 Å². The minimum Gasteiger partial charge on any atom is -0.356 e. The highest BCUT2D eigenvalue weighted by Gasteiger charge is 2.42. The molecular formula is C9H9F6N3O. The molecule has 4 nitrogen and oxygen atoms in total. The monoisotopic (exact) mass is 289 g/mol. The van der Waals surface area contributed by atoms with E-state index < -0.39 is 41.9 Å². The van der Waals surface area contributed by atoms with Crippen molar-refractivity contribution >= 4 is 5.91 Å². The normalized spacial score (nSPS) is 12.6. The number of hydrogen-bond donors (Lipinski definition) is 2. The van der Waals surface area contributed by atoms with Crippen LogP contribution in [0.15, 0.2) is 0 Å². The molecule has 1 heterocycles. The molecule has 1 aromatic heterocycles. The molecule has 10 heteroatoms. The van der Waals surface area contributed by atoms with Gasteiger partial charge in [0.05, 0.1) is 0 Å². The minimum atomic E-state index is -4.99. The van der Waals surface area contributed by atoms with Gasteiger partial charge in [0, 0.05) is 25.6 Å². The van der Waals surface area contributed by atoms with E-state index in [1.54, 1.807) is 4.98 Å². The first-order valence-corrected chi connectivity index (χ1v) is 4.99. The molecule has 1 rings (SSSR count). The summed E-state index contributed by atoms with van der Waals surface area (Å²) in [5.74, 6) is -2.21. The average molecular weight is 289 g/mol. The molecule has 0 unspecified atom stereocenters. The first-order valence-electron chi connectivity index (χ1n) is 4.99. The SMILES string of the molecule is CC(=O)NCCc1[nH]c(C(F)(F)F)nc1C(F)(F)F. The molecule has 0 aromatic carbocycles. The average Bonchev–Trinajstić information content (AvgIpc) is 2.59. The second-order valence-electron chi connectivity index (χ2n) is 3.64. The molecule has 108 valence electrons. The van der Waals surface area contributed by atoms with Gasteiger partial charge in [0.25, 0.3) is 0 Å². The molecule has 0 saturated heterocycles. The molecule has 19 heavy (non-hydrogen) atoms. The van der Waals surface area contributed by atoms with Crippen molar-refractivity contribution in [2.75, 3.05) is 6.54 Å².